The molecule has 2 rings (SSSR count). The van der Waals surface area contributed by atoms with Crippen molar-refractivity contribution in [3.63, 3.8) is 0 Å². The molecular weight excluding hydrogens is 262 g/mol. The number of hydrogen-bond donors (Lipinski definition) is 1. The van der Waals surface area contributed by atoms with Gasteiger partial charge in [0.1, 0.15) is 11.8 Å². The fourth-order valence-corrected chi connectivity index (χ4v) is 2.80. The van der Waals surface area contributed by atoms with Crippen LogP contribution < -0.4 is 10.1 Å². The molecule has 0 bridgehead atoms. The molecule has 4 heteroatoms. The van der Waals surface area contributed by atoms with E-state index < -0.39 is 0 Å². The predicted molar refractivity (Wildman–Crippen MR) is 84.2 cm³/mol. The fourth-order valence-electron chi connectivity index (χ4n) is 2.80. The lowest BCUT2D eigenvalue weighted by atomic mass is 10.0. The standard InChI is InChI=1S/C17H25N3O/c1-14(19-13-16-5-3-4-11-20(16)2)15-6-8-17(9-7-15)21-12-10-18/h6-9,14,16,19H,3-5,11-13H2,1-2H3. The first-order chi connectivity index (χ1) is 10.2. The van der Waals surface area contributed by atoms with Crippen LogP contribution in [0.5, 0.6) is 5.75 Å². The van der Waals surface area contributed by atoms with Crippen LogP contribution in [0.3, 0.4) is 0 Å². The monoisotopic (exact) mass is 287 g/mol. The van der Waals surface area contributed by atoms with Crippen molar-refractivity contribution in [2.45, 2.75) is 38.3 Å². The molecule has 1 aliphatic rings. The van der Waals surface area contributed by atoms with Crippen LogP contribution in [0.15, 0.2) is 24.3 Å². The second-order valence-electron chi connectivity index (χ2n) is 5.78. The highest BCUT2D eigenvalue weighted by Gasteiger charge is 2.19. The van der Waals surface area contributed by atoms with Gasteiger partial charge in [-0.3, -0.25) is 0 Å². The fraction of sp³-hybridized carbons (Fsp3) is 0.588. The minimum absolute atomic E-state index is 0.0984. The summed E-state index contributed by atoms with van der Waals surface area (Å²) < 4.78 is 5.27. The van der Waals surface area contributed by atoms with Crippen molar-refractivity contribution in [1.82, 2.24) is 10.2 Å². The van der Waals surface area contributed by atoms with E-state index in [0.29, 0.717) is 12.1 Å². The molecule has 0 aliphatic carbocycles. The Kier molecular flexibility index (Phi) is 6.04. The zero-order valence-corrected chi connectivity index (χ0v) is 13.0. The second-order valence-corrected chi connectivity index (χ2v) is 5.78. The molecule has 0 radical (unpaired) electrons. The molecule has 1 aromatic rings. The smallest absolute Gasteiger partial charge is 0.174 e. The highest BCUT2D eigenvalue weighted by atomic mass is 16.5. The Morgan fingerprint density at radius 3 is 2.81 bits per heavy atom. The van der Waals surface area contributed by atoms with Crippen LogP contribution in [0.4, 0.5) is 0 Å². The first-order valence-corrected chi connectivity index (χ1v) is 7.74. The zero-order valence-electron chi connectivity index (χ0n) is 13.0. The molecule has 1 heterocycles. The number of ether oxygens (including phenoxy) is 1. The maximum atomic E-state index is 8.50. The third kappa shape index (κ3) is 4.73. The van der Waals surface area contributed by atoms with Crippen LogP contribution in [0.25, 0.3) is 0 Å². The van der Waals surface area contributed by atoms with Crippen LogP contribution in [0, 0.1) is 11.3 Å². The Morgan fingerprint density at radius 1 is 1.38 bits per heavy atom. The van der Waals surface area contributed by atoms with Gasteiger partial charge in [-0.25, -0.2) is 0 Å². The summed E-state index contributed by atoms with van der Waals surface area (Å²) in [6, 6.07) is 10.9. The first-order valence-electron chi connectivity index (χ1n) is 7.74. The quantitative estimate of drug-likeness (QED) is 0.874. The molecule has 1 aliphatic heterocycles. The Morgan fingerprint density at radius 2 is 2.14 bits per heavy atom. The van der Waals surface area contributed by atoms with Crippen LogP contribution in [-0.2, 0) is 0 Å². The first kappa shape index (κ1) is 15.8. The number of rotatable bonds is 6. The summed E-state index contributed by atoms with van der Waals surface area (Å²) in [7, 11) is 2.22. The number of piperidine rings is 1. The number of nitrogens with one attached hydrogen (secondary N) is 1. The summed E-state index contributed by atoms with van der Waals surface area (Å²) in [5.74, 6) is 0.750. The molecule has 0 amide bonds. The number of likely N-dealkylation sites (N-methyl/N-ethyl adjacent to an activating group) is 1. The van der Waals surface area contributed by atoms with E-state index in [2.05, 4.69) is 36.3 Å². The molecule has 21 heavy (non-hydrogen) atoms. The largest absolute Gasteiger partial charge is 0.479 e. The van der Waals surface area contributed by atoms with Crippen LogP contribution in [-0.4, -0.2) is 37.7 Å². The van der Waals surface area contributed by atoms with E-state index in [4.69, 9.17) is 10.00 Å². The van der Waals surface area contributed by atoms with Crippen LogP contribution >= 0.6 is 0 Å². The highest BCUT2D eigenvalue weighted by molar-refractivity contribution is 5.29. The average molecular weight is 287 g/mol. The molecule has 1 saturated heterocycles. The summed E-state index contributed by atoms with van der Waals surface area (Å²) >= 11 is 0. The van der Waals surface area contributed by atoms with E-state index in [1.165, 1.54) is 31.4 Å². The third-order valence-electron chi connectivity index (χ3n) is 4.26. The van der Waals surface area contributed by atoms with Gasteiger partial charge < -0.3 is 15.0 Å². The van der Waals surface area contributed by atoms with Gasteiger partial charge in [0.25, 0.3) is 0 Å². The van der Waals surface area contributed by atoms with Gasteiger partial charge in [0.05, 0.1) is 0 Å². The molecule has 4 nitrogen and oxygen atoms in total. The third-order valence-corrected chi connectivity index (χ3v) is 4.26. The molecule has 2 atom stereocenters. The van der Waals surface area contributed by atoms with Gasteiger partial charge >= 0.3 is 0 Å². The van der Waals surface area contributed by atoms with Crippen molar-refractivity contribution in [2.24, 2.45) is 0 Å². The van der Waals surface area contributed by atoms with Gasteiger partial charge in [-0.15, -0.1) is 0 Å². The number of benzene rings is 1. The molecule has 0 aromatic heterocycles. The Labute approximate surface area is 127 Å². The van der Waals surface area contributed by atoms with Crippen molar-refractivity contribution in [3.8, 4) is 11.8 Å². The van der Waals surface area contributed by atoms with E-state index in [0.717, 1.165) is 12.3 Å². The molecule has 0 saturated carbocycles. The van der Waals surface area contributed by atoms with Gasteiger partial charge in [0, 0.05) is 18.6 Å². The lowest BCUT2D eigenvalue weighted by Gasteiger charge is -2.33. The molecule has 1 fully saturated rings. The Hall–Kier alpha value is -1.57. The van der Waals surface area contributed by atoms with E-state index in [1.54, 1.807) is 0 Å². The lowest BCUT2D eigenvalue weighted by molar-refractivity contribution is 0.178. The van der Waals surface area contributed by atoms with Crippen molar-refractivity contribution in [3.05, 3.63) is 29.8 Å². The Balaban J connectivity index is 1.82. The average Bonchev–Trinajstić information content (AvgIpc) is 2.52. The number of nitriles is 1. The van der Waals surface area contributed by atoms with Crippen LogP contribution in [0.2, 0.25) is 0 Å². The molecule has 2 unspecified atom stereocenters. The SMILES string of the molecule is CC(NCC1CCCCN1C)c1ccc(OCC#N)cc1. The number of nitrogens with zero attached hydrogens (tertiary/aromatic N) is 2. The molecule has 0 spiro atoms. The minimum atomic E-state index is 0.0984. The lowest BCUT2D eigenvalue weighted by Crippen LogP contribution is -2.43. The summed E-state index contributed by atoms with van der Waals surface area (Å²) in [4.78, 5) is 2.46. The summed E-state index contributed by atoms with van der Waals surface area (Å²) in [6.07, 6.45) is 3.96. The summed E-state index contributed by atoms with van der Waals surface area (Å²) in [5, 5.41) is 12.1. The van der Waals surface area contributed by atoms with Gasteiger partial charge in [0.2, 0.25) is 0 Å². The van der Waals surface area contributed by atoms with E-state index in [1.807, 2.05) is 18.2 Å². The van der Waals surface area contributed by atoms with Crippen LogP contribution in [0.1, 0.15) is 37.8 Å². The Bertz CT molecular complexity index is 466. The van der Waals surface area contributed by atoms with Crippen molar-refractivity contribution >= 4 is 0 Å². The molecule has 1 aromatic carbocycles. The zero-order chi connectivity index (χ0) is 15.1. The highest BCUT2D eigenvalue weighted by Crippen LogP contribution is 2.19. The van der Waals surface area contributed by atoms with E-state index >= 15 is 0 Å². The number of likely N-dealkylation sites (tertiary alicyclic amines) is 1. The van der Waals surface area contributed by atoms with Crippen molar-refractivity contribution in [2.75, 3.05) is 26.7 Å². The minimum Gasteiger partial charge on any atom is -0.479 e. The topological polar surface area (TPSA) is 48.3 Å². The van der Waals surface area contributed by atoms with Gasteiger partial charge in [0.15, 0.2) is 6.61 Å². The maximum Gasteiger partial charge on any atom is 0.174 e. The second kappa shape index (κ2) is 8.02. The van der Waals surface area contributed by atoms with Gasteiger partial charge in [-0.2, -0.15) is 5.26 Å². The number of hydrogen-bond acceptors (Lipinski definition) is 4. The van der Waals surface area contributed by atoms with E-state index in [-0.39, 0.29) is 6.61 Å². The van der Waals surface area contributed by atoms with Gasteiger partial charge in [-0.1, -0.05) is 18.6 Å². The van der Waals surface area contributed by atoms with Gasteiger partial charge in [-0.05, 0) is 51.1 Å². The predicted octanol–water partition coefficient (Wildman–Crippen LogP) is 2.72. The van der Waals surface area contributed by atoms with Crippen molar-refractivity contribution < 1.29 is 4.74 Å². The molecule has 114 valence electrons. The van der Waals surface area contributed by atoms with E-state index in [9.17, 15) is 0 Å². The maximum absolute atomic E-state index is 8.50. The normalized spacial score (nSPS) is 20.7. The molecular formula is C17H25N3O. The van der Waals surface area contributed by atoms with Crippen molar-refractivity contribution in [1.29, 1.82) is 5.26 Å². The summed E-state index contributed by atoms with van der Waals surface area (Å²) in [5.41, 5.74) is 1.25. The molecule has 1 N–H and O–H groups in total. The summed E-state index contributed by atoms with van der Waals surface area (Å²) in [6.45, 7) is 4.53.